The maximum Gasteiger partial charge on any atom is 0.469 e. The van der Waals surface area contributed by atoms with Crippen LogP contribution in [0.5, 0.6) is 0 Å². The minimum absolute atomic E-state index is 0.0153. The van der Waals surface area contributed by atoms with Crippen molar-refractivity contribution in [3.63, 3.8) is 0 Å². The zero-order valence-electron chi connectivity index (χ0n) is 14.2. The zero-order valence-corrected chi connectivity index (χ0v) is 14.2. The van der Waals surface area contributed by atoms with Gasteiger partial charge >= 0.3 is 7.12 Å². The smallest absolute Gasteiger partial charge is 0.403 e. The van der Waals surface area contributed by atoms with Crippen LogP contribution in [0.1, 0.15) is 53.5 Å². The normalized spacial score (nSPS) is 22.4. The summed E-state index contributed by atoms with van der Waals surface area (Å²) in [6.07, 6.45) is 0.229. The third kappa shape index (κ3) is 2.97. The molecule has 22 heavy (non-hydrogen) atoms. The Balaban J connectivity index is 2.45. The van der Waals surface area contributed by atoms with Gasteiger partial charge in [0.25, 0.3) is 0 Å². The lowest BCUT2D eigenvalue weighted by Gasteiger charge is -2.32. The summed E-state index contributed by atoms with van der Waals surface area (Å²) in [7, 11) is -0.608. The average molecular weight is 306 g/mol. The van der Waals surface area contributed by atoms with E-state index in [-0.39, 0.29) is 18.0 Å². The molecular weight excluding hydrogens is 282 g/mol. The monoisotopic (exact) mass is 306 g/mol. The van der Waals surface area contributed by atoms with Crippen LogP contribution < -0.4 is 0 Å². The van der Waals surface area contributed by atoms with E-state index >= 15 is 0 Å². The number of halogens is 1. The van der Waals surface area contributed by atoms with Gasteiger partial charge in [-0.25, -0.2) is 4.39 Å². The van der Waals surface area contributed by atoms with E-state index in [2.05, 4.69) is 0 Å². The Kier molecular flexibility index (Phi) is 4.26. The van der Waals surface area contributed by atoms with E-state index in [0.29, 0.717) is 5.56 Å². The summed E-state index contributed by atoms with van der Waals surface area (Å²) in [5.74, 6) is -0.315. The summed E-state index contributed by atoms with van der Waals surface area (Å²) < 4.78 is 25.9. The molecule has 0 bridgehead atoms. The van der Waals surface area contributed by atoms with Crippen LogP contribution in [0.3, 0.4) is 0 Å². The molecule has 0 spiro atoms. The van der Waals surface area contributed by atoms with Crippen LogP contribution in [-0.4, -0.2) is 24.1 Å². The van der Waals surface area contributed by atoms with Gasteiger partial charge in [-0.05, 0) is 52.3 Å². The van der Waals surface area contributed by atoms with Crippen molar-refractivity contribution in [2.24, 2.45) is 0 Å². The molecule has 0 aliphatic carbocycles. The number of carbonyl (C=O) groups excluding carboxylic acids is 1. The Hall–Kier alpha value is -1.20. The Morgan fingerprint density at radius 3 is 2.23 bits per heavy atom. The fraction of sp³-hybridized carbons (Fsp3) is 0.588. The van der Waals surface area contributed by atoms with Crippen LogP contribution in [0.2, 0.25) is 0 Å². The molecule has 1 aliphatic rings. The van der Waals surface area contributed by atoms with Crippen molar-refractivity contribution in [1.82, 2.24) is 0 Å². The number of carbonyl (C=O) groups is 1. The lowest BCUT2D eigenvalue weighted by atomic mass is 9.53. The highest BCUT2D eigenvalue weighted by Crippen LogP contribution is 2.44. The topological polar surface area (TPSA) is 35.5 Å². The SMILES string of the molecule is CC(=O)C[C@@](C)(B1OC(C)(C)C(C)(C)O1)c1cccc(F)c1. The number of hydrogen-bond donors (Lipinski definition) is 0. The molecule has 1 heterocycles. The van der Waals surface area contributed by atoms with Crippen LogP contribution in [-0.2, 0) is 19.4 Å². The maximum absolute atomic E-state index is 13.7. The minimum Gasteiger partial charge on any atom is -0.403 e. The van der Waals surface area contributed by atoms with E-state index in [1.807, 2.05) is 40.7 Å². The fourth-order valence-electron chi connectivity index (χ4n) is 2.79. The van der Waals surface area contributed by atoms with E-state index in [9.17, 15) is 9.18 Å². The largest absolute Gasteiger partial charge is 0.469 e. The summed E-state index contributed by atoms with van der Waals surface area (Å²) in [5, 5.41) is -0.737. The Morgan fingerprint density at radius 1 is 1.23 bits per heavy atom. The van der Waals surface area contributed by atoms with Gasteiger partial charge in [-0.1, -0.05) is 19.1 Å². The third-order valence-corrected chi connectivity index (χ3v) is 4.87. The predicted molar refractivity (Wildman–Crippen MR) is 85.1 cm³/mol. The molecule has 3 nitrogen and oxygen atoms in total. The van der Waals surface area contributed by atoms with Gasteiger partial charge in [0.05, 0.1) is 11.2 Å². The summed E-state index contributed by atoms with van der Waals surface area (Å²) in [5.41, 5.74) is -0.285. The molecule has 120 valence electrons. The van der Waals surface area contributed by atoms with E-state index in [1.165, 1.54) is 19.1 Å². The molecule has 0 aromatic heterocycles. The number of rotatable bonds is 4. The first-order chi connectivity index (χ1) is 9.98. The van der Waals surface area contributed by atoms with Gasteiger partial charge in [-0.15, -0.1) is 0 Å². The number of hydrogen-bond acceptors (Lipinski definition) is 3. The quantitative estimate of drug-likeness (QED) is 0.796. The fourth-order valence-corrected chi connectivity index (χ4v) is 2.79. The van der Waals surface area contributed by atoms with Gasteiger partial charge < -0.3 is 14.1 Å². The Bertz CT molecular complexity index is 569. The zero-order chi connectivity index (χ0) is 16.8. The number of benzene rings is 1. The molecule has 1 atom stereocenters. The molecule has 1 fully saturated rings. The molecule has 1 aromatic rings. The molecule has 1 saturated heterocycles. The highest BCUT2D eigenvalue weighted by atomic mass is 19.1. The summed E-state index contributed by atoms with van der Waals surface area (Å²) in [4.78, 5) is 11.8. The van der Waals surface area contributed by atoms with E-state index in [0.717, 1.165) is 0 Å². The second kappa shape index (κ2) is 5.46. The maximum atomic E-state index is 13.7. The summed E-state index contributed by atoms with van der Waals surface area (Å²) in [6.45, 7) is 11.3. The molecule has 0 saturated carbocycles. The van der Waals surface area contributed by atoms with Crippen molar-refractivity contribution in [3.05, 3.63) is 35.6 Å². The van der Waals surface area contributed by atoms with Crippen molar-refractivity contribution in [1.29, 1.82) is 0 Å². The van der Waals surface area contributed by atoms with Crippen LogP contribution in [0.25, 0.3) is 0 Å². The van der Waals surface area contributed by atoms with Crippen molar-refractivity contribution >= 4 is 12.9 Å². The molecular formula is C17H24BFO3. The molecule has 5 heteroatoms. The molecule has 0 amide bonds. The van der Waals surface area contributed by atoms with Crippen molar-refractivity contribution in [2.45, 2.75) is 64.5 Å². The molecule has 1 aliphatic heterocycles. The van der Waals surface area contributed by atoms with E-state index in [4.69, 9.17) is 9.31 Å². The van der Waals surface area contributed by atoms with E-state index < -0.39 is 23.6 Å². The van der Waals surface area contributed by atoms with Crippen LogP contribution >= 0.6 is 0 Å². The molecule has 0 unspecified atom stereocenters. The Morgan fingerprint density at radius 2 is 1.77 bits per heavy atom. The first-order valence-corrected chi connectivity index (χ1v) is 7.59. The van der Waals surface area contributed by atoms with Gasteiger partial charge in [0.15, 0.2) is 0 Å². The molecule has 0 N–H and O–H groups in total. The minimum atomic E-state index is -0.737. The van der Waals surface area contributed by atoms with Crippen LogP contribution in [0.15, 0.2) is 24.3 Å². The molecule has 0 radical (unpaired) electrons. The van der Waals surface area contributed by atoms with Crippen molar-refractivity contribution in [3.8, 4) is 0 Å². The summed E-state index contributed by atoms with van der Waals surface area (Å²) >= 11 is 0. The standard InChI is InChI=1S/C17H24BFO3/c1-12(20)11-17(6,13-8-7-9-14(19)10-13)18-21-15(2,3)16(4,5)22-18/h7-10H,11H2,1-6H3/t17-/m1/s1. The lowest BCUT2D eigenvalue weighted by Crippen LogP contribution is -2.45. The van der Waals surface area contributed by atoms with Gasteiger partial charge in [-0.3, -0.25) is 0 Å². The second-order valence-electron chi connectivity index (χ2n) is 7.39. The van der Waals surface area contributed by atoms with Gasteiger partial charge in [0.1, 0.15) is 11.6 Å². The number of Topliss-reactive ketones (excluding diaryl/α,β-unsaturated/α-hetero) is 1. The predicted octanol–water partition coefficient (Wildman–Crippen LogP) is 3.69. The first-order valence-electron chi connectivity index (χ1n) is 7.59. The van der Waals surface area contributed by atoms with Gasteiger partial charge in [0.2, 0.25) is 0 Å². The van der Waals surface area contributed by atoms with Crippen LogP contribution in [0.4, 0.5) is 4.39 Å². The van der Waals surface area contributed by atoms with Crippen molar-refractivity contribution < 1.29 is 18.5 Å². The van der Waals surface area contributed by atoms with Gasteiger partial charge in [-0.2, -0.15) is 0 Å². The number of ketones is 1. The van der Waals surface area contributed by atoms with E-state index in [1.54, 1.807) is 6.07 Å². The second-order valence-corrected chi connectivity index (χ2v) is 7.39. The van der Waals surface area contributed by atoms with Crippen molar-refractivity contribution in [2.75, 3.05) is 0 Å². The lowest BCUT2D eigenvalue weighted by molar-refractivity contribution is -0.117. The van der Waals surface area contributed by atoms with Crippen LogP contribution in [0, 0.1) is 5.82 Å². The van der Waals surface area contributed by atoms with Gasteiger partial charge in [0, 0.05) is 11.7 Å². The highest BCUT2D eigenvalue weighted by molar-refractivity contribution is 6.50. The first kappa shape index (κ1) is 17.2. The average Bonchev–Trinajstić information content (AvgIpc) is 2.58. The highest BCUT2D eigenvalue weighted by Gasteiger charge is 2.58. The molecule has 2 rings (SSSR count). The third-order valence-electron chi connectivity index (χ3n) is 4.87. The summed E-state index contributed by atoms with van der Waals surface area (Å²) in [6, 6.07) is 6.31. The Labute approximate surface area is 132 Å². The molecule has 1 aromatic carbocycles.